The van der Waals surface area contributed by atoms with Crippen molar-refractivity contribution >= 4 is 11.6 Å². The normalized spacial score (nSPS) is 17.3. The number of carbonyl (C=O) groups excluding carboxylic acids is 1. The lowest BCUT2D eigenvalue weighted by Gasteiger charge is -2.23. The molecule has 1 amide bonds. The Bertz CT molecular complexity index is 679. The van der Waals surface area contributed by atoms with Crippen molar-refractivity contribution in [1.29, 1.82) is 0 Å². The minimum atomic E-state index is -0.0799. The predicted octanol–water partition coefficient (Wildman–Crippen LogP) is 3.10. The van der Waals surface area contributed by atoms with Crippen LogP contribution in [0.2, 0.25) is 0 Å². The van der Waals surface area contributed by atoms with Crippen LogP contribution in [0.15, 0.2) is 48.5 Å². The molecule has 0 aromatic heterocycles. The van der Waals surface area contributed by atoms with E-state index in [1.54, 1.807) is 0 Å². The van der Waals surface area contributed by atoms with Gasteiger partial charge in [0.25, 0.3) is 0 Å². The Morgan fingerprint density at radius 3 is 2.79 bits per heavy atom. The zero-order valence-electron chi connectivity index (χ0n) is 13.7. The summed E-state index contributed by atoms with van der Waals surface area (Å²) in [5, 5.41) is 6.14. The van der Waals surface area contributed by atoms with Crippen molar-refractivity contribution in [2.24, 2.45) is 0 Å². The number of para-hydroxylation sites is 2. The van der Waals surface area contributed by atoms with E-state index in [1.165, 1.54) is 5.56 Å². The van der Waals surface area contributed by atoms with Gasteiger partial charge in [-0.15, -0.1) is 0 Å². The second-order valence-electron chi connectivity index (χ2n) is 5.86. The molecule has 5 heteroatoms. The lowest BCUT2D eigenvalue weighted by atomic mass is 10.2. The first-order chi connectivity index (χ1) is 11.7. The Morgan fingerprint density at radius 1 is 1.25 bits per heavy atom. The molecule has 0 spiro atoms. The van der Waals surface area contributed by atoms with Gasteiger partial charge in [-0.2, -0.15) is 0 Å². The van der Waals surface area contributed by atoms with Gasteiger partial charge >= 0.3 is 0 Å². The highest BCUT2D eigenvalue weighted by Crippen LogP contribution is 2.29. The van der Waals surface area contributed by atoms with Gasteiger partial charge in [-0.3, -0.25) is 4.79 Å². The summed E-state index contributed by atoms with van der Waals surface area (Å²) in [6.07, 6.45) is 0.246. The lowest BCUT2D eigenvalue weighted by molar-refractivity contribution is -0.119. The van der Waals surface area contributed by atoms with Crippen LogP contribution in [-0.2, 0) is 9.53 Å². The van der Waals surface area contributed by atoms with Crippen molar-refractivity contribution in [3.63, 3.8) is 0 Å². The van der Waals surface area contributed by atoms with E-state index in [9.17, 15) is 4.79 Å². The molecule has 0 bridgehead atoms. The summed E-state index contributed by atoms with van der Waals surface area (Å²) in [5.41, 5.74) is 1.83. The summed E-state index contributed by atoms with van der Waals surface area (Å²) in [6, 6.07) is 15.2. The fourth-order valence-corrected chi connectivity index (χ4v) is 2.55. The van der Waals surface area contributed by atoms with Gasteiger partial charge in [0.2, 0.25) is 5.91 Å². The van der Waals surface area contributed by atoms with Gasteiger partial charge in [0, 0.05) is 13.1 Å². The topological polar surface area (TPSA) is 59.6 Å². The molecular weight excluding hydrogens is 304 g/mol. The van der Waals surface area contributed by atoms with Gasteiger partial charge < -0.3 is 20.1 Å². The number of ether oxygens (including phenoxy) is 2. The summed E-state index contributed by atoms with van der Waals surface area (Å²) >= 11 is 0. The van der Waals surface area contributed by atoms with Crippen LogP contribution in [0.5, 0.6) is 11.5 Å². The molecule has 1 aliphatic rings. The van der Waals surface area contributed by atoms with Gasteiger partial charge in [0.15, 0.2) is 5.75 Å². The highest BCUT2D eigenvalue weighted by Gasteiger charge is 2.18. The third kappa shape index (κ3) is 4.57. The van der Waals surface area contributed by atoms with Crippen LogP contribution >= 0.6 is 0 Å². The molecule has 2 N–H and O–H groups in total. The highest BCUT2D eigenvalue weighted by atomic mass is 16.5. The van der Waals surface area contributed by atoms with E-state index in [1.807, 2.05) is 55.5 Å². The maximum atomic E-state index is 12.3. The van der Waals surface area contributed by atoms with Crippen molar-refractivity contribution in [2.75, 3.05) is 25.0 Å². The molecular formula is C19H22N2O3. The number of hydrogen-bond acceptors (Lipinski definition) is 4. The van der Waals surface area contributed by atoms with E-state index >= 15 is 0 Å². The monoisotopic (exact) mass is 326 g/mol. The minimum absolute atomic E-state index is 0.0797. The summed E-state index contributed by atoms with van der Waals surface area (Å²) in [4.78, 5) is 12.3. The summed E-state index contributed by atoms with van der Waals surface area (Å²) in [7, 11) is 0. The average Bonchev–Trinajstić information content (AvgIpc) is 2.59. The first-order valence-corrected chi connectivity index (χ1v) is 8.16. The molecule has 24 heavy (non-hydrogen) atoms. The minimum Gasteiger partial charge on any atom is -0.455 e. The van der Waals surface area contributed by atoms with E-state index in [4.69, 9.17) is 9.47 Å². The maximum absolute atomic E-state index is 12.3. The standard InChI is InChI=1S/C19H22N2O3/c1-14-6-8-15(9-7-14)24-18-5-3-2-4-17(18)21-19(22)12-16-13-20-10-11-23-16/h2-9,16,20H,10-13H2,1H3,(H,21,22). The van der Waals surface area contributed by atoms with Crippen molar-refractivity contribution in [2.45, 2.75) is 19.4 Å². The molecule has 0 radical (unpaired) electrons. The second kappa shape index (κ2) is 7.95. The molecule has 2 aromatic rings. The van der Waals surface area contributed by atoms with Crippen molar-refractivity contribution in [3.05, 3.63) is 54.1 Å². The molecule has 1 unspecified atom stereocenters. The third-order valence-electron chi connectivity index (χ3n) is 3.83. The van der Waals surface area contributed by atoms with Crippen LogP contribution in [0.4, 0.5) is 5.69 Å². The zero-order valence-corrected chi connectivity index (χ0v) is 13.7. The SMILES string of the molecule is Cc1ccc(Oc2ccccc2NC(=O)CC2CNCCO2)cc1. The maximum Gasteiger partial charge on any atom is 0.227 e. The first-order valence-electron chi connectivity index (χ1n) is 8.16. The van der Waals surface area contributed by atoms with E-state index in [0.717, 1.165) is 12.3 Å². The molecule has 1 aliphatic heterocycles. The summed E-state index contributed by atoms with van der Waals surface area (Å²) in [5.74, 6) is 1.28. The number of benzene rings is 2. The van der Waals surface area contributed by atoms with Crippen molar-refractivity contribution in [1.82, 2.24) is 5.32 Å². The highest BCUT2D eigenvalue weighted by molar-refractivity contribution is 5.92. The van der Waals surface area contributed by atoms with Crippen LogP contribution in [0.3, 0.4) is 0 Å². The largest absolute Gasteiger partial charge is 0.455 e. The summed E-state index contributed by atoms with van der Waals surface area (Å²) < 4.78 is 11.5. The molecule has 3 rings (SSSR count). The number of aryl methyl sites for hydroxylation is 1. The number of carbonyl (C=O) groups is 1. The molecule has 5 nitrogen and oxygen atoms in total. The van der Waals surface area contributed by atoms with Crippen LogP contribution in [0.1, 0.15) is 12.0 Å². The smallest absolute Gasteiger partial charge is 0.227 e. The number of hydrogen-bond donors (Lipinski definition) is 2. The Kier molecular flexibility index (Phi) is 5.46. The van der Waals surface area contributed by atoms with Crippen LogP contribution < -0.4 is 15.4 Å². The van der Waals surface area contributed by atoms with Crippen molar-refractivity contribution < 1.29 is 14.3 Å². The molecule has 126 valence electrons. The molecule has 0 saturated carbocycles. The van der Waals surface area contributed by atoms with E-state index in [0.29, 0.717) is 31.0 Å². The quantitative estimate of drug-likeness (QED) is 0.886. The number of nitrogens with one attached hydrogen (secondary N) is 2. The molecule has 1 fully saturated rings. The zero-order chi connectivity index (χ0) is 16.8. The number of amides is 1. The van der Waals surface area contributed by atoms with Gasteiger partial charge in [-0.25, -0.2) is 0 Å². The van der Waals surface area contributed by atoms with Crippen LogP contribution in [-0.4, -0.2) is 31.7 Å². The Balaban J connectivity index is 1.64. The number of morpholine rings is 1. The molecule has 1 saturated heterocycles. The fourth-order valence-electron chi connectivity index (χ4n) is 2.55. The lowest BCUT2D eigenvalue weighted by Crippen LogP contribution is -2.40. The van der Waals surface area contributed by atoms with E-state index in [-0.39, 0.29) is 12.0 Å². The Labute approximate surface area is 142 Å². The summed E-state index contributed by atoms with van der Waals surface area (Å²) in [6.45, 7) is 4.21. The van der Waals surface area contributed by atoms with Gasteiger partial charge in [0.05, 0.1) is 24.8 Å². The average molecular weight is 326 g/mol. The van der Waals surface area contributed by atoms with E-state index in [2.05, 4.69) is 10.6 Å². The Morgan fingerprint density at radius 2 is 2.04 bits per heavy atom. The van der Waals surface area contributed by atoms with Gasteiger partial charge in [-0.1, -0.05) is 29.8 Å². The second-order valence-corrected chi connectivity index (χ2v) is 5.86. The molecule has 0 aliphatic carbocycles. The molecule has 1 heterocycles. The number of anilines is 1. The number of rotatable bonds is 5. The Hall–Kier alpha value is -2.37. The molecule has 2 aromatic carbocycles. The first kappa shape index (κ1) is 16.5. The molecule has 1 atom stereocenters. The fraction of sp³-hybridized carbons (Fsp3) is 0.316. The van der Waals surface area contributed by atoms with Crippen molar-refractivity contribution in [3.8, 4) is 11.5 Å². The van der Waals surface area contributed by atoms with E-state index < -0.39 is 0 Å². The predicted molar refractivity (Wildman–Crippen MR) is 93.6 cm³/mol. The van der Waals surface area contributed by atoms with Crippen LogP contribution in [0.25, 0.3) is 0 Å². The van der Waals surface area contributed by atoms with Gasteiger partial charge in [-0.05, 0) is 31.2 Å². The van der Waals surface area contributed by atoms with Crippen LogP contribution in [0, 0.1) is 6.92 Å². The third-order valence-corrected chi connectivity index (χ3v) is 3.83. The van der Waals surface area contributed by atoms with Gasteiger partial charge in [0.1, 0.15) is 5.75 Å².